The van der Waals surface area contributed by atoms with E-state index in [1.54, 1.807) is 12.1 Å². The molecule has 0 heterocycles. The lowest BCUT2D eigenvalue weighted by Gasteiger charge is -2.46. The maximum absolute atomic E-state index is 12.2. The molecule has 1 N–H and O–H groups in total. The Kier molecular flexibility index (Phi) is 3.87. The van der Waals surface area contributed by atoms with Crippen molar-refractivity contribution in [1.82, 2.24) is 0 Å². The van der Waals surface area contributed by atoms with Gasteiger partial charge in [-0.15, -0.1) is 0 Å². The van der Waals surface area contributed by atoms with Crippen LogP contribution < -0.4 is 0 Å². The Morgan fingerprint density at radius 3 is 2.76 bits per heavy atom. The van der Waals surface area contributed by atoms with Gasteiger partial charge in [-0.25, -0.2) is 4.79 Å². The Hall–Kier alpha value is -0.870. The highest BCUT2D eigenvalue weighted by molar-refractivity contribution is 9.10. The van der Waals surface area contributed by atoms with Gasteiger partial charge in [-0.05, 0) is 62.8 Å². The summed E-state index contributed by atoms with van der Waals surface area (Å²) in [6.07, 6.45) is 5.16. The third kappa shape index (κ3) is 2.53. The number of esters is 1. The molecular weight excluding hydrogens is 332 g/mol. The Balaban J connectivity index is 1.69. The van der Waals surface area contributed by atoms with Crippen LogP contribution in [0.3, 0.4) is 0 Å². The summed E-state index contributed by atoms with van der Waals surface area (Å²) >= 11 is 3.35. The normalized spacial score (nSPS) is 34.7. The minimum absolute atomic E-state index is 0.249. The molecule has 0 aromatic heterocycles. The van der Waals surface area contributed by atoms with Gasteiger partial charge >= 0.3 is 5.97 Å². The number of hydrogen-bond acceptors (Lipinski definition) is 3. The van der Waals surface area contributed by atoms with E-state index < -0.39 is 5.60 Å². The Morgan fingerprint density at radius 1 is 1.33 bits per heavy atom. The molecule has 3 nitrogen and oxygen atoms in total. The van der Waals surface area contributed by atoms with E-state index in [4.69, 9.17) is 4.74 Å². The first-order valence-electron chi connectivity index (χ1n) is 7.60. The number of fused-ring (bicyclic) bond motifs is 2. The van der Waals surface area contributed by atoms with Crippen molar-refractivity contribution >= 4 is 21.9 Å². The van der Waals surface area contributed by atoms with Crippen LogP contribution in [0.2, 0.25) is 0 Å². The molecule has 0 unspecified atom stereocenters. The molecular formula is C17H21BrO3. The molecule has 3 rings (SSSR count). The molecule has 1 aromatic rings. The number of aliphatic hydroxyl groups is 1. The molecule has 2 aliphatic rings. The van der Waals surface area contributed by atoms with Crippen molar-refractivity contribution in [1.29, 1.82) is 0 Å². The van der Waals surface area contributed by atoms with Crippen molar-refractivity contribution in [3.8, 4) is 0 Å². The van der Waals surface area contributed by atoms with E-state index in [0.717, 1.165) is 36.6 Å². The van der Waals surface area contributed by atoms with Crippen molar-refractivity contribution in [2.45, 2.75) is 44.6 Å². The highest BCUT2D eigenvalue weighted by Crippen LogP contribution is 2.58. The SMILES string of the molecule is C[C@@]1(O)[C@H]2CCC[C@]1(COC(=O)c1ccc(Br)cc1)CC2. The maximum atomic E-state index is 12.2. The molecule has 1 aromatic carbocycles. The van der Waals surface area contributed by atoms with Gasteiger partial charge in [0.2, 0.25) is 0 Å². The van der Waals surface area contributed by atoms with Gasteiger partial charge in [-0.3, -0.25) is 0 Å². The molecule has 2 saturated carbocycles. The lowest BCUT2D eigenvalue weighted by atomic mass is 9.65. The molecule has 4 heteroatoms. The second-order valence-electron chi connectivity index (χ2n) is 6.64. The van der Waals surface area contributed by atoms with Gasteiger partial charge < -0.3 is 9.84 Å². The minimum Gasteiger partial charge on any atom is -0.461 e. The highest BCUT2D eigenvalue weighted by Gasteiger charge is 2.58. The molecule has 3 atom stereocenters. The van der Waals surface area contributed by atoms with Crippen molar-refractivity contribution in [3.05, 3.63) is 34.3 Å². The summed E-state index contributed by atoms with van der Waals surface area (Å²) in [5, 5.41) is 10.8. The number of benzene rings is 1. The summed E-state index contributed by atoms with van der Waals surface area (Å²) in [5.74, 6) is 0.0549. The summed E-state index contributed by atoms with van der Waals surface area (Å²) in [6, 6.07) is 7.16. The maximum Gasteiger partial charge on any atom is 0.338 e. The van der Waals surface area contributed by atoms with E-state index in [9.17, 15) is 9.90 Å². The van der Waals surface area contributed by atoms with Crippen LogP contribution in [-0.4, -0.2) is 23.3 Å². The third-order valence-corrected chi connectivity index (χ3v) is 6.14. The summed E-state index contributed by atoms with van der Waals surface area (Å²) in [5.41, 5.74) is -0.397. The number of carbonyl (C=O) groups is 1. The quantitative estimate of drug-likeness (QED) is 0.838. The van der Waals surface area contributed by atoms with Crippen LogP contribution in [0.5, 0.6) is 0 Å². The third-order valence-electron chi connectivity index (χ3n) is 5.61. The van der Waals surface area contributed by atoms with E-state index in [2.05, 4.69) is 15.9 Å². The Labute approximate surface area is 133 Å². The van der Waals surface area contributed by atoms with Crippen LogP contribution in [0.1, 0.15) is 49.4 Å². The van der Waals surface area contributed by atoms with Crippen LogP contribution in [0.4, 0.5) is 0 Å². The average Bonchev–Trinajstić information content (AvgIpc) is 2.63. The van der Waals surface area contributed by atoms with E-state index in [-0.39, 0.29) is 11.4 Å². The van der Waals surface area contributed by atoms with Gasteiger partial charge in [-0.1, -0.05) is 22.4 Å². The largest absolute Gasteiger partial charge is 0.461 e. The minimum atomic E-state index is -0.703. The Bertz CT molecular complexity index is 533. The topological polar surface area (TPSA) is 46.5 Å². The van der Waals surface area contributed by atoms with Gasteiger partial charge in [0.1, 0.15) is 6.61 Å². The fraction of sp³-hybridized carbons (Fsp3) is 0.588. The number of rotatable bonds is 3. The number of ether oxygens (including phenoxy) is 1. The molecule has 114 valence electrons. The van der Waals surface area contributed by atoms with Gasteiger partial charge in [0.05, 0.1) is 11.2 Å². The Morgan fingerprint density at radius 2 is 2.05 bits per heavy atom. The van der Waals surface area contributed by atoms with Crippen LogP contribution in [0, 0.1) is 11.3 Å². The fourth-order valence-corrected chi connectivity index (χ4v) is 4.34. The zero-order valence-corrected chi connectivity index (χ0v) is 13.9. The monoisotopic (exact) mass is 352 g/mol. The number of halogens is 1. The smallest absolute Gasteiger partial charge is 0.338 e. The predicted octanol–water partition coefficient (Wildman–Crippen LogP) is 3.94. The summed E-state index contributed by atoms with van der Waals surface area (Å²) < 4.78 is 6.49. The van der Waals surface area contributed by atoms with Crippen LogP contribution in [0.15, 0.2) is 28.7 Å². The van der Waals surface area contributed by atoms with Crippen molar-refractivity contribution in [2.75, 3.05) is 6.61 Å². The zero-order valence-electron chi connectivity index (χ0n) is 12.3. The van der Waals surface area contributed by atoms with Gasteiger partial charge in [-0.2, -0.15) is 0 Å². The second kappa shape index (κ2) is 5.40. The van der Waals surface area contributed by atoms with E-state index in [1.807, 2.05) is 19.1 Å². The first-order valence-corrected chi connectivity index (χ1v) is 8.39. The first kappa shape index (κ1) is 15.0. The van der Waals surface area contributed by atoms with E-state index >= 15 is 0 Å². The van der Waals surface area contributed by atoms with Crippen LogP contribution >= 0.6 is 15.9 Å². The highest BCUT2D eigenvalue weighted by atomic mass is 79.9. The lowest BCUT2D eigenvalue weighted by Crippen LogP contribution is -2.51. The molecule has 0 spiro atoms. The van der Waals surface area contributed by atoms with Crippen molar-refractivity contribution < 1.29 is 14.6 Å². The average molecular weight is 353 g/mol. The molecule has 21 heavy (non-hydrogen) atoms. The molecule has 2 fully saturated rings. The molecule has 2 aliphatic carbocycles. The van der Waals surface area contributed by atoms with Crippen LogP contribution in [0.25, 0.3) is 0 Å². The first-order chi connectivity index (χ1) is 9.95. The number of carbonyl (C=O) groups excluding carboxylic acids is 1. The fourth-order valence-electron chi connectivity index (χ4n) is 4.07. The standard InChI is InChI=1S/C17H21BrO3/c1-16(20)13-3-2-9-17(16,10-8-13)11-21-15(19)12-4-6-14(18)7-5-12/h4-7,13,20H,2-3,8-11H2,1H3/t13-,16+,17+/m0/s1. The van der Waals surface area contributed by atoms with Crippen molar-refractivity contribution in [2.24, 2.45) is 11.3 Å². The van der Waals surface area contributed by atoms with E-state index in [1.165, 1.54) is 0 Å². The van der Waals surface area contributed by atoms with Crippen molar-refractivity contribution in [3.63, 3.8) is 0 Å². The molecule has 2 bridgehead atoms. The summed E-state index contributed by atoms with van der Waals surface area (Å²) in [7, 11) is 0. The van der Waals surface area contributed by atoms with Gasteiger partial charge in [0.15, 0.2) is 0 Å². The summed E-state index contributed by atoms with van der Waals surface area (Å²) in [4.78, 5) is 12.2. The zero-order chi connectivity index (χ0) is 15.1. The second-order valence-corrected chi connectivity index (χ2v) is 7.55. The van der Waals surface area contributed by atoms with Gasteiger partial charge in [0, 0.05) is 9.89 Å². The molecule has 0 radical (unpaired) electrons. The van der Waals surface area contributed by atoms with E-state index in [0.29, 0.717) is 18.1 Å². The molecule has 0 amide bonds. The lowest BCUT2D eigenvalue weighted by molar-refractivity contribution is -0.124. The molecule has 0 saturated heterocycles. The van der Waals surface area contributed by atoms with Crippen LogP contribution in [-0.2, 0) is 4.74 Å². The predicted molar refractivity (Wildman–Crippen MR) is 84.1 cm³/mol. The van der Waals surface area contributed by atoms with Gasteiger partial charge in [0.25, 0.3) is 0 Å². The molecule has 0 aliphatic heterocycles. The summed E-state index contributed by atoms with van der Waals surface area (Å²) in [6.45, 7) is 2.25. The number of hydrogen-bond donors (Lipinski definition) is 1.